The zero-order valence-corrected chi connectivity index (χ0v) is 19.3. The molecule has 0 unspecified atom stereocenters. The number of piperidine rings is 1. The number of nitrogens with zero attached hydrogens (tertiary/aromatic N) is 1. The third kappa shape index (κ3) is 6.45. The van der Waals surface area contributed by atoms with Gasteiger partial charge in [0, 0.05) is 12.6 Å². The van der Waals surface area contributed by atoms with Gasteiger partial charge < -0.3 is 19.7 Å². The Hall–Kier alpha value is -2.60. The van der Waals surface area contributed by atoms with Crippen LogP contribution in [0.25, 0.3) is 0 Å². The predicted molar refractivity (Wildman–Crippen MR) is 123 cm³/mol. The summed E-state index contributed by atoms with van der Waals surface area (Å²) in [6, 6.07) is 10.9. The van der Waals surface area contributed by atoms with Gasteiger partial charge in [0.05, 0.1) is 6.61 Å². The Morgan fingerprint density at radius 2 is 1.81 bits per heavy atom. The molecule has 1 heterocycles. The van der Waals surface area contributed by atoms with E-state index in [0.717, 1.165) is 42.8 Å². The van der Waals surface area contributed by atoms with Gasteiger partial charge in [0.15, 0.2) is 17.5 Å². The maximum absolute atomic E-state index is 14.1. The van der Waals surface area contributed by atoms with Gasteiger partial charge in [-0.15, -0.1) is 0 Å². The Bertz CT molecular complexity index is 893. The van der Waals surface area contributed by atoms with Gasteiger partial charge in [0.25, 0.3) is 0 Å². The van der Waals surface area contributed by atoms with Crippen LogP contribution in [0.15, 0.2) is 48.9 Å². The van der Waals surface area contributed by atoms with E-state index in [4.69, 9.17) is 9.47 Å². The zero-order valence-electron chi connectivity index (χ0n) is 19.3. The quantitative estimate of drug-likeness (QED) is 0.487. The third-order valence-corrected chi connectivity index (χ3v) is 5.77. The Morgan fingerprint density at radius 1 is 1.12 bits per heavy atom. The summed E-state index contributed by atoms with van der Waals surface area (Å²) in [6.45, 7) is 13.3. The summed E-state index contributed by atoms with van der Waals surface area (Å²) in [4.78, 5) is 2.08. The third-order valence-electron chi connectivity index (χ3n) is 5.77. The molecule has 1 fully saturated rings. The Morgan fingerprint density at radius 3 is 2.47 bits per heavy atom. The smallest absolute Gasteiger partial charge is 0.182 e. The second-order valence-electron chi connectivity index (χ2n) is 8.79. The number of rotatable bonds is 10. The molecule has 2 aromatic rings. The highest BCUT2D eigenvalue weighted by Gasteiger charge is 2.24. The molecule has 0 saturated carbocycles. The first-order valence-corrected chi connectivity index (χ1v) is 11.3. The standard InChI is InChI=1S/C26H34F2N2O2/c1-18(2)16-32-24-8-5-21(6-9-24)17-31-20(4)30(23-11-13-29-14-12-23)15-22-7-10-25(27)26(28)19(22)3/h5-10,18,23,29H,4,11-17H2,1-3H3. The van der Waals surface area contributed by atoms with Gasteiger partial charge in [0.1, 0.15) is 12.4 Å². The van der Waals surface area contributed by atoms with Crippen molar-refractivity contribution in [2.24, 2.45) is 5.92 Å². The van der Waals surface area contributed by atoms with E-state index in [9.17, 15) is 8.78 Å². The zero-order chi connectivity index (χ0) is 23.1. The van der Waals surface area contributed by atoms with Crippen molar-refractivity contribution in [1.82, 2.24) is 10.2 Å². The van der Waals surface area contributed by atoms with E-state index in [-0.39, 0.29) is 6.04 Å². The molecule has 32 heavy (non-hydrogen) atoms. The molecule has 2 aromatic carbocycles. The molecule has 4 nitrogen and oxygen atoms in total. The van der Waals surface area contributed by atoms with Crippen molar-refractivity contribution in [2.75, 3.05) is 19.7 Å². The Balaban J connectivity index is 1.67. The summed E-state index contributed by atoms with van der Waals surface area (Å²) in [5.74, 6) is 0.239. The lowest BCUT2D eigenvalue weighted by Crippen LogP contribution is -2.42. The highest BCUT2D eigenvalue weighted by Crippen LogP contribution is 2.25. The average molecular weight is 445 g/mol. The summed E-state index contributed by atoms with van der Waals surface area (Å²) >= 11 is 0. The topological polar surface area (TPSA) is 33.7 Å². The first kappa shape index (κ1) is 24.1. The predicted octanol–water partition coefficient (Wildman–Crippen LogP) is 5.55. The van der Waals surface area contributed by atoms with E-state index in [1.165, 1.54) is 6.07 Å². The monoisotopic (exact) mass is 444 g/mol. The average Bonchev–Trinajstić information content (AvgIpc) is 2.80. The number of halogens is 2. The molecule has 1 aliphatic heterocycles. The maximum atomic E-state index is 14.1. The fraction of sp³-hybridized carbons (Fsp3) is 0.462. The molecule has 1 saturated heterocycles. The largest absolute Gasteiger partial charge is 0.493 e. The van der Waals surface area contributed by atoms with Crippen LogP contribution in [-0.2, 0) is 17.9 Å². The van der Waals surface area contributed by atoms with Gasteiger partial charge in [-0.3, -0.25) is 0 Å². The second-order valence-corrected chi connectivity index (χ2v) is 8.79. The van der Waals surface area contributed by atoms with Crippen LogP contribution in [-0.4, -0.2) is 30.6 Å². The van der Waals surface area contributed by atoms with Crippen LogP contribution in [0.4, 0.5) is 8.78 Å². The van der Waals surface area contributed by atoms with Crippen molar-refractivity contribution >= 4 is 0 Å². The van der Waals surface area contributed by atoms with Gasteiger partial charge in [-0.2, -0.15) is 0 Å². The van der Waals surface area contributed by atoms with E-state index in [0.29, 0.717) is 37.1 Å². The lowest BCUT2D eigenvalue weighted by Gasteiger charge is -2.37. The van der Waals surface area contributed by atoms with E-state index >= 15 is 0 Å². The molecular formula is C26H34F2N2O2. The van der Waals surface area contributed by atoms with Crippen LogP contribution in [0.3, 0.4) is 0 Å². The van der Waals surface area contributed by atoms with Gasteiger partial charge in [-0.05, 0) is 80.2 Å². The van der Waals surface area contributed by atoms with Crippen LogP contribution in [0.5, 0.6) is 5.75 Å². The highest BCUT2D eigenvalue weighted by molar-refractivity contribution is 5.29. The molecule has 174 valence electrons. The minimum Gasteiger partial charge on any atom is -0.493 e. The molecular weight excluding hydrogens is 410 g/mol. The molecule has 1 aliphatic rings. The molecule has 0 radical (unpaired) electrons. The molecule has 6 heteroatoms. The van der Waals surface area contributed by atoms with Gasteiger partial charge in [0.2, 0.25) is 0 Å². The lowest BCUT2D eigenvalue weighted by atomic mass is 10.0. The van der Waals surface area contributed by atoms with E-state index in [2.05, 4.69) is 30.6 Å². The number of ether oxygens (including phenoxy) is 2. The van der Waals surface area contributed by atoms with Crippen molar-refractivity contribution < 1.29 is 18.3 Å². The first-order chi connectivity index (χ1) is 15.3. The fourth-order valence-corrected chi connectivity index (χ4v) is 3.78. The fourth-order valence-electron chi connectivity index (χ4n) is 3.78. The number of benzene rings is 2. The second kappa shape index (κ2) is 11.3. The normalized spacial score (nSPS) is 14.4. The summed E-state index contributed by atoms with van der Waals surface area (Å²) < 4.78 is 39.5. The summed E-state index contributed by atoms with van der Waals surface area (Å²) in [6.07, 6.45) is 1.87. The van der Waals surface area contributed by atoms with Crippen LogP contribution < -0.4 is 10.1 Å². The molecule has 0 atom stereocenters. The van der Waals surface area contributed by atoms with E-state index in [1.54, 1.807) is 13.0 Å². The van der Waals surface area contributed by atoms with Gasteiger partial charge in [-0.1, -0.05) is 32.0 Å². The van der Waals surface area contributed by atoms with Crippen LogP contribution in [0.1, 0.15) is 43.4 Å². The molecule has 3 rings (SSSR count). The van der Waals surface area contributed by atoms with Crippen LogP contribution in [0, 0.1) is 24.5 Å². The lowest BCUT2D eigenvalue weighted by molar-refractivity contribution is 0.0616. The first-order valence-electron chi connectivity index (χ1n) is 11.3. The van der Waals surface area contributed by atoms with Gasteiger partial charge >= 0.3 is 0 Å². The summed E-state index contributed by atoms with van der Waals surface area (Å²) in [5, 5.41) is 3.36. The minimum absolute atomic E-state index is 0.225. The van der Waals surface area contributed by atoms with Crippen molar-refractivity contribution in [3.8, 4) is 5.75 Å². The van der Waals surface area contributed by atoms with Crippen LogP contribution in [0.2, 0.25) is 0 Å². The van der Waals surface area contributed by atoms with Crippen molar-refractivity contribution in [2.45, 2.75) is 52.8 Å². The summed E-state index contributed by atoms with van der Waals surface area (Å²) in [7, 11) is 0. The summed E-state index contributed by atoms with van der Waals surface area (Å²) in [5.41, 5.74) is 2.07. The molecule has 0 spiro atoms. The van der Waals surface area contributed by atoms with E-state index in [1.807, 2.05) is 24.3 Å². The number of nitrogens with one attached hydrogen (secondary N) is 1. The van der Waals surface area contributed by atoms with Crippen molar-refractivity contribution in [3.63, 3.8) is 0 Å². The molecule has 1 N–H and O–H groups in total. The molecule has 0 aliphatic carbocycles. The number of hydrogen-bond acceptors (Lipinski definition) is 4. The molecule has 0 bridgehead atoms. The van der Waals surface area contributed by atoms with Gasteiger partial charge in [-0.25, -0.2) is 8.78 Å². The molecule has 0 aromatic heterocycles. The Kier molecular flexibility index (Phi) is 8.51. The highest BCUT2D eigenvalue weighted by atomic mass is 19.2. The van der Waals surface area contributed by atoms with E-state index < -0.39 is 11.6 Å². The minimum atomic E-state index is -0.824. The Labute approximate surface area is 190 Å². The van der Waals surface area contributed by atoms with Crippen molar-refractivity contribution in [1.29, 1.82) is 0 Å². The number of hydrogen-bond donors (Lipinski definition) is 1. The van der Waals surface area contributed by atoms with Crippen LogP contribution >= 0.6 is 0 Å². The molecule has 0 amide bonds. The van der Waals surface area contributed by atoms with Crippen molar-refractivity contribution in [3.05, 3.63) is 77.2 Å². The SMILES string of the molecule is C=C(OCc1ccc(OCC(C)C)cc1)N(Cc1ccc(F)c(F)c1C)C1CCNCC1. The maximum Gasteiger partial charge on any atom is 0.182 e.